The van der Waals surface area contributed by atoms with Gasteiger partial charge in [-0.15, -0.1) is 0 Å². The molecular weight excluding hydrogens is 282 g/mol. The SMILES string of the molecule is N#Cc1cc(CS(=O)c2cc(Cl)ccc2N)ccn1. The lowest BCUT2D eigenvalue weighted by atomic mass is 10.2. The third-order valence-electron chi connectivity index (χ3n) is 2.46. The van der Waals surface area contributed by atoms with Gasteiger partial charge in [-0.1, -0.05) is 11.6 Å². The molecule has 1 atom stereocenters. The number of nitrogens with zero attached hydrogens (tertiary/aromatic N) is 2. The van der Waals surface area contributed by atoms with E-state index >= 15 is 0 Å². The lowest BCUT2D eigenvalue weighted by Gasteiger charge is -2.06. The van der Waals surface area contributed by atoms with E-state index in [1.165, 1.54) is 6.20 Å². The highest BCUT2D eigenvalue weighted by Gasteiger charge is 2.10. The summed E-state index contributed by atoms with van der Waals surface area (Å²) in [6.45, 7) is 0. The number of hydrogen-bond acceptors (Lipinski definition) is 4. The van der Waals surface area contributed by atoms with Crippen molar-refractivity contribution < 1.29 is 4.21 Å². The van der Waals surface area contributed by atoms with Crippen molar-refractivity contribution in [2.45, 2.75) is 10.6 Å². The quantitative estimate of drug-likeness (QED) is 0.881. The molecule has 0 radical (unpaired) electrons. The van der Waals surface area contributed by atoms with Gasteiger partial charge in [-0.2, -0.15) is 5.26 Å². The fraction of sp³-hybridized carbons (Fsp3) is 0.0769. The van der Waals surface area contributed by atoms with Crippen molar-refractivity contribution in [3.8, 4) is 6.07 Å². The Morgan fingerprint density at radius 1 is 1.37 bits per heavy atom. The van der Waals surface area contributed by atoms with Crippen molar-refractivity contribution in [3.63, 3.8) is 0 Å². The van der Waals surface area contributed by atoms with Crippen LogP contribution < -0.4 is 5.73 Å². The molecule has 4 nitrogen and oxygen atoms in total. The zero-order chi connectivity index (χ0) is 13.8. The molecule has 2 rings (SSSR count). The summed E-state index contributed by atoms with van der Waals surface area (Å²) >= 11 is 5.87. The van der Waals surface area contributed by atoms with E-state index in [2.05, 4.69) is 4.98 Å². The predicted molar refractivity (Wildman–Crippen MR) is 74.9 cm³/mol. The number of pyridine rings is 1. The van der Waals surface area contributed by atoms with Crippen molar-refractivity contribution in [3.05, 3.63) is 52.8 Å². The largest absolute Gasteiger partial charge is 0.398 e. The predicted octanol–water partition coefficient (Wildman–Crippen LogP) is 2.50. The zero-order valence-corrected chi connectivity index (χ0v) is 11.4. The average molecular weight is 292 g/mol. The summed E-state index contributed by atoms with van der Waals surface area (Å²) in [7, 11) is -1.31. The fourth-order valence-electron chi connectivity index (χ4n) is 1.56. The first-order chi connectivity index (χ1) is 9.10. The molecule has 1 aromatic carbocycles. The topological polar surface area (TPSA) is 79.8 Å². The number of aromatic nitrogens is 1. The van der Waals surface area contributed by atoms with Crippen LogP contribution in [0.3, 0.4) is 0 Å². The summed E-state index contributed by atoms with van der Waals surface area (Å²) < 4.78 is 12.3. The molecule has 0 aliphatic heterocycles. The van der Waals surface area contributed by atoms with Crippen molar-refractivity contribution >= 4 is 28.1 Å². The maximum Gasteiger partial charge on any atom is 0.140 e. The summed E-state index contributed by atoms with van der Waals surface area (Å²) in [5.74, 6) is 0.266. The molecule has 0 saturated heterocycles. The highest BCUT2D eigenvalue weighted by atomic mass is 35.5. The van der Waals surface area contributed by atoms with Gasteiger partial charge in [0.25, 0.3) is 0 Å². The second-order valence-electron chi connectivity index (χ2n) is 3.83. The van der Waals surface area contributed by atoms with E-state index in [1.807, 2.05) is 6.07 Å². The number of anilines is 1. The highest BCUT2D eigenvalue weighted by Crippen LogP contribution is 2.23. The lowest BCUT2D eigenvalue weighted by Crippen LogP contribution is -2.01. The number of halogens is 1. The van der Waals surface area contributed by atoms with Crippen molar-refractivity contribution in [1.29, 1.82) is 5.26 Å². The maximum atomic E-state index is 12.3. The summed E-state index contributed by atoms with van der Waals surface area (Å²) in [4.78, 5) is 4.37. The normalized spacial score (nSPS) is 11.8. The molecule has 0 amide bonds. The standard InChI is InChI=1S/C13H10ClN3OS/c14-10-1-2-12(16)13(6-10)19(18)8-9-3-4-17-11(5-9)7-15/h1-6H,8,16H2. The highest BCUT2D eigenvalue weighted by molar-refractivity contribution is 7.84. The van der Waals surface area contributed by atoms with Crippen LogP contribution in [0.15, 0.2) is 41.4 Å². The van der Waals surface area contributed by atoms with Gasteiger partial charge in [0.2, 0.25) is 0 Å². The van der Waals surface area contributed by atoms with Gasteiger partial charge in [0.15, 0.2) is 0 Å². The third kappa shape index (κ3) is 3.31. The van der Waals surface area contributed by atoms with E-state index in [9.17, 15) is 4.21 Å². The van der Waals surface area contributed by atoms with Gasteiger partial charge >= 0.3 is 0 Å². The number of rotatable bonds is 3. The van der Waals surface area contributed by atoms with E-state index in [0.717, 1.165) is 5.56 Å². The first-order valence-corrected chi connectivity index (χ1v) is 7.08. The maximum absolute atomic E-state index is 12.3. The monoisotopic (exact) mass is 291 g/mol. The second-order valence-corrected chi connectivity index (χ2v) is 5.69. The minimum Gasteiger partial charge on any atom is -0.398 e. The molecule has 1 unspecified atom stereocenters. The van der Waals surface area contributed by atoms with Crippen molar-refractivity contribution in [2.75, 3.05) is 5.73 Å². The van der Waals surface area contributed by atoms with Gasteiger partial charge in [-0.05, 0) is 35.9 Å². The molecule has 96 valence electrons. The molecule has 0 fully saturated rings. The molecule has 1 aromatic heterocycles. The number of benzene rings is 1. The van der Waals surface area contributed by atoms with Crippen LogP contribution in [-0.4, -0.2) is 9.19 Å². The Kier molecular flexibility index (Phi) is 4.15. The smallest absolute Gasteiger partial charge is 0.140 e. The van der Waals surface area contributed by atoms with E-state index < -0.39 is 10.8 Å². The summed E-state index contributed by atoms with van der Waals surface area (Å²) in [6.07, 6.45) is 1.52. The van der Waals surface area contributed by atoms with Gasteiger partial charge < -0.3 is 5.73 Å². The van der Waals surface area contributed by atoms with Crippen LogP contribution in [0.25, 0.3) is 0 Å². The van der Waals surface area contributed by atoms with Crippen LogP contribution in [0, 0.1) is 11.3 Å². The summed E-state index contributed by atoms with van der Waals surface area (Å²) in [5, 5.41) is 9.26. The van der Waals surface area contributed by atoms with Crippen LogP contribution in [0.4, 0.5) is 5.69 Å². The average Bonchev–Trinajstić information content (AvgIpc) is 2.41. The number of nitriles is 1. The second kappa shape index (κ2) is 5.83. The molecule has 0 aliphatic rings. The minimum absolute atomic E-state index is 0.266. The first kappa shape index (κ1) is 13.5. The van der Waals surface area contributed by atoms with Crippen LogP contribution in [0.2, 0.25) is 5.02 Å². The Balaban J connectivity index is 2.26. The van der Waals surface area contributed by atoms with Crippen LogP contribution in [0.1, 0.15) is 11.3 Å². The summed E-state index contributed by atoms with van der Waals surface area (Å²) in [6, 6.07) is 10.2. The van der Waals surface area contributed by atoms with Gasteiger partial charge in [-0.3, -0.25) is 4.21 Å². The van der Waals surface area contributed by atoms with Crippen LogP contribution in [0.5, 0.6) is 0 Å². The zero-order valence-electron chi connectivity index (χ0n) is 9.84. The fourth-order valence-corrected chi connectivity index (χ4v) is 3.02. The molecule has 2 N–H and O–H groups in total. The number of hydrogen-bond donors (Lipinski definition) is 1. The molecule has 2 aromatic rings. The molecular formula is C13H10ClN3OS. The molecule has 6 heteroatoms. The lowest BCUT2D eigenvalue weighted by molar-refractivity contribution is 0.683. The van der Waals surface area contributed by atoms with Gasteiger partial charge in [-0.25, -0.2) is 4.98 Å². The van der Waals surface area contributed by atoms with Gasteiger partial charge in [0.1, 0.15) is 11.8 Å². The number of nitrogen functional groups attached to an aromatic ring is 1. The Hall–Kier alpha value is -1.90. The van der Waals surface area contributed by atoms with Crippen LogP contribution in [-0.2, 0) is 16.6 Å². The summed E-state index contributed by atoms with van der Waals surface area (Å²) in [5.41, 5.74) is 7.29. The molecule has 19 heavy (non-hydrogen) atoms. The van der Waals surface area contributed by atoms with Crippen molar-refractivity contribution in [2.24, 2.45) is 0 Å². The van der Waals surface area contributed by atoms with E-state index in [-0.39, 0.29) is 5.75 Å². The molecule has 0 aliphatic carbocycles. The number of nitrogens with two attached hydrogens (primary N) is 1. The van der Waals surface area contributed by atoms with E-state index in [0.29, 0.717) is 21.3 Å². The Morgan fingerprint density at radius 2 is 2.16 bits per heavy atom. The van der Waals surface area contributed by atoms with Gasteiger partial charge in [0.05, 0.1) is 21.4 Å². The first-order valence-electron chi connectivity index (χ1n) is 5.38. The molecule has 0 bridgehead atoms. The minimum atomic E-state index is -1.31. The molecule has 1 heterocycles. The third-order valence-corrected chi connectivity index (χ3v) is 4.13. The van der Waals surface area contributed by atoms with E-state index in [1.54, 1.807) is 30.3 Å². The Morgan fingerprint density at radius 3 is 2.89 bits per heavy atom. The van der Waals surface area contributed by atoms with Crippen LogP contribution >= 0.6 is 11.6 Å². The Bertz CT molecular complexity index is 682. The van der Waals surface area contributed by atoms with Gasteiger partial charge in [0, 0.05) is 16.9 Å². The van der Waals surface area contributed by atoms with E-state index in [4.69, 9.17) is 22.6 Å². The molecule has 0 spiro atoms. The van der Waals surface area contributed by atoms with Crippen molar-refractivity contribution in [1.82, 2.24) is 4.98 Å². The molecule has 0 saturated carbocycles. The Labute approximate surface area is 118 Å².